The van der Waals surface area contributed by atoms with Gasteiger partial charge in [-0.05, 0) is 13.0 Å². The van der Waals surface area contributed by atoms with Gasteiger partial charge in [0.25, 0.3) is 15.7 Å². The van der Waals surface area contributed by atoms with E-state index in [0.717, 1.165) is 6.07 Å². The minimum atomic E-state index is -4.01. The second-order valence-electron chi connectivity index (χ2n) is 3.76. The Bertz CT molecular complexity index is 757. The first kappa shape index (κ1) is 14.7. The number of aromatic nitrogens is 3. The first-order chi connectivity index (χ1) is 9.92. The van der Waals surface area contributed by atoms with E-state index in [1.807, 2.05) is 0 Å². The van der Waals surface area contributed by atoms with E-state index in [0.29, 0.717) is 6.61 Å². The van der Waals surface area contributed by atoms with Crippen LogP contribution in [0.25, 0.3) is 0 Å². The normalized spacial score (nSPS) is 11.1. The van der Waals surface area contributed by atoms with E-state index >= 15 is 0 Å². The predicted octanol–water partition coefficient (Wildman–Crippen LogP) is 0.912. The summed E-state index contributed by atoms with van der Waals surface area (Å²) in [6.07, 6.45) is 0. The molecule has 0 spiro atoms. The molecule has 10 nitrogen and oxygen atoms in total. The molecular formula is C10H11N5O5S. The number of anilines is 1. The van der Waals surface area contributed by atoms with Crippen molar-refractivity contribution >= 4 is 21.7 Å². The molecule has 2 rings (SSSR count). The zero-order valence-corrected chi connectivity index (χ0v) is 11.6. The van der Waals surface area contributed by atoms with Crippen LogP contribution in [0.1, 0.15) is 6.92 Å². The summed E-state index contributed by atoms with van der Waals surface area (Å²) in [6, 6.07) is 4.64. The number of ether oxygens (including phenoxy) is 1. The molecule has 1 aromatic carbocycles. The van der Waals surface area contributed by atoms with E-state index in [4.69, 9.17) is 4.74 Å². The number of hydrogen-bond donors (Lipinski definition) is 2. The fourth-order valence-electron chi connectivity index (χ4n) is 1.44. The van der Waals surface area contributed by atoms with Gasteiger partial charge in [0.05, 0.1) is 16.4 Å². The summed E-state index contributed by atoms with van der Waals surface area (Å²) in [5.74, 6) is -0.148. The summed E-state index contributed by atoms with van der Waals surface area (Å²) in [5, 5.41) is 16.6. The van der Waals surface area contributed by atoms with Crippen molar-refractivity contribution in [1.29, 1.82) is 0 Å². The third-order valence-electron chi connectivity index (χ3n) is 2.31. The Morgan fingerprint density at radius 2 is 2.24 bits per heavy atom. The molecule has 0 saturated heterocycles. The van der Waals surface area contributed by atoms with E-state index in [1.165, 1.54) is 18.2 Å². The fraction of sp³-hybridized carbons (Fsp3) is 0.200. The molecule has 11 heteroatoms. The van der Waals surface area contributed by atoms with Crippen LogP contribution < -0.4 is 9.46 Å². The van der Waals surface area contributed by atoms with Crippen molar-refractivity contribution in [2.24, 2.45) is 0 Å². The quantitative estimate of drug-likeness (QED) is 0.596. The molecule has 1 heterocycles. The number of benzene rings is 1. The maximum atomic E-state index is 12.1. The van der Waals surface area contributed by atoms with Gasteiger partial charge in [0, 0.05) is 12.1 Å². The van der Waals surface area contributed by atoms with Crippen LogP contribution in [0.5, 0.6) is 6.01 Å². The fourth-order valence-corrected chi connectivity index (χ4v) is 2.43. The summed E-state index contributed by atoms with van der Waals surface area (Å²) in [6.45, 7) is 2.05. The predicted molar refractivity (Wildman–Crippen MR) is 71.5 cm³/mol. The number of nitrogens with one attached hydrogen (secondary N) is 2. The van der Waals surface area contributed by atoms with Crippen LogP contribution in [0.4, 0.5) is 11.6 Å². The largest absolute Gasteiger partial charge is 0.463 e. The zero-order valence-electron chi connectivity index (χ0n) is 10.8. The third-order valence-corrected chi connectivity index (χ3v) is 3.64. The number of nitro groups is 1. The highest BCUT2D eigenvalue weighted by Crippen LogP contribution is 2.19. The number of H-pyrrole nitrogens is 1. The van der Waals surface area contributed by atoms with Crippen LogP contribution in [0, 0.1) is 10.1 Å². The molecule has 0 aliphatic carbocycles. The molecule has 0 unspecified atom stereocenters. The lowest BCUT2D eigenvalue weighted by atomic mass is 10.3. The summed E-state index contributed by atoms with van der Waals surface area (Å²) in [5.41, 5.74) is -0.328. The SMILES string of the molecule is CCOc1n[nH]c(NS(=O)(=O)c2cccc([N+](=O)[O-])c2)n1. The van der Waals surface area contributed by atoms with Gasteiger partial charge in [-0.1, -0.05) is 6.07 Å². The molecule has 0 radical (unpaired) electrons. The highest BCUT2D eigenvalue weighted by atomic mass is 32.2. The highest BCUT2D eigenvalue weighted by molar-refractivity contribution is 7.92. The Morgan fingerprint density at radius 3 is 2.90 bits per heavy atom. The van der Waals surface area contributed by atoms with E-state index in [1.54, 1.807) is 6.92 Å². The molecule has 2 aromatic rings. The molecule has 0 saturated carbocycles. The zero-order chi connectivity index (χ0) is 15.5. The van der Waals surface area contributed by atoms with E-state index in [9.17, 15) is 18.5 Å². The van der Waals surface area contributed by atoms with Crippen LogP contribution >= 0.6 is 0 Å². The monoisotopic (exact) mass is 313 g/mol. The lowest BCUT2D eigenvalue weighted by Gasteiger charge is -2.04. The van der Waals surface area contributed by atoms with Crippen LogP contribution in [-0.2, 0) is 10.0 Å². The maximum absolute atomic E-state index is 12.1. The van der Waals surface area contributed by atoms with Gasteiger partial charge in [-0.25, -0.2) is 18.2 Å². The van der Waals surface area contributed by atoms with Crippen LogP contribution in [0.2, 0.25) is 0 Å². The van der Waals surface area contributed by atoms with Gasteiger partial charge in [0.1, 0.15) is 0 Å². The molecule has 0 aliphatic heterocycles. The van der Waals surface area contributed by atoms with E-state index in [2.05, 4.69) is 19.9 Å². The average molecular weight is 313 g/mol. The topological polar surface area (TPSA) is 140 Å². The van der Waals surface area contributed by atoms with Crippen molar-refractivity contribution in [2.45, 2.75) is 11.8 Å². The van der Waals surface area contributed by atoms with E-state index < -0.39 is 14.9 Å². The molecule has 0 amide bonds. The van der Waals surface area contributed by atoms with E-state index in [-0.39, 0.29) is 22.5 Å². The van der Waals surface area contributed by atoms with Gasteiger partial charge in [-0.3, -0.25) is 10.1 Å². The maximum Gasteiger partial charge on any atom is 0.337 e. The van der Waals surface area contributed by atoms with Crippen molar-refractivity contribution in [3.05, 3.63) is 34.4 Å². The Labute approximate surface area is 119 Å². The standard InChI is InChI=1S/C10H11N5O5S/c1-2-20-10-11-9(12-13-10)14-21(18,19)8-5-3-4-7(6-8)15(16)17/h3-6H,2H2,1H3,(H2,11,12,13,14). The molecular weight excluding hydrogens is 302 g/mol. The molecule has 1 aromatic heterocycles. The van der Waals surface area contributed by atoms with Gasteiger partial charge in [-0.2, -0.15) is 4.98 Å². The van der Waals surface area contributed by atoms with Crippen molar-refractivity contribution in [3.63, 3.8) is 0 Å². The van der Waals surface area contributed by atoms with Crippen LogP contribution in [0.15, 0.2) is 29.2 Å². The van der Waals surface area contributed by atoms with Crippen LogP contribution in [0.3, 0.4) is 0 Å². The van der Waals surface area contributed by atoms with Crippen LogP contribution in [-0.4, -0.2) is 35.1 Å². The number of aromatic amines is 1. The van der Waals surface area contributed by atoms with Gasteiger partial charge in [-0.15, -0.1) is 5.10 Å². The van der Waals surface area contributed by atoms with Gasteiger partial charge >= 0.3 is 6.01 Å². The molecule has 0 aliphatic rings. The molecule has 0 bridgehead atoms. The van der Waals surface area contributed by atoms with Gasteiger partial charge in [0.2, 0.25) is 5.95 Å². The molecule has 21 heavy (non-hydrogen) atoms. The highest BCUT2D eigenvalue weighted by Gasteiger charge is 2.19. The second-order valence-corrected chi connectivity index (χ2v) is 5.44. The lowest BCUT2D eigenvalue weighted by Crippen LogP contribution is -2.14. The summed E-state index contributed by atoms with van der Waals surface area (Å²) in [4.78, 5) is 13.5. The summed E-state index contributed by atoms with van der Waals surface area (Å²) < 4.78 is 31.3. The number of hydrogen-bond acceptors (Lipinski definition) is 7. The minimum absolute atomic E-state index is 0.00533. The van der Waals surface area contributed by atoms with Crippen molar-refractivity contribution in [3.8, 4) is 6.01 Å². The average Bonchev–Trinajstić information content (AvgIpc) is 2.86. The van der Waals surface area contributed by atoms with Crippen molar-refractivity contribution in [2.75, 3.05) is 11.3 Å². The lowest BCUT2D eigenvalue weighted by molar-refractivity contribution is -0.385. The molecule has 0 atom stereocenters. The van der Waals surface area contributed by atoms with Crippen molar-refractivity contribution < 1.29 is 18.1 Å². The van der Waals surface area contributed by atoms with Gasteiger partial charge < -0.3 is 4.74 Å². The Morgan fingerprint density at radius 1 is 1.48 bits per heavy atom. The number of nitrogens with zero attached hydrogens (tertiary/aromatic N) is 3. The minimum Gasteiger partial charge on any atom is -0.463 e. The van der Waals surface area contributed by atoms with Gasteiger partial charge in [0.15, 0.2) is 0 Å². The van der Waals surface area contributed by atoms with Crippen molar-refractivity contribution in [1.82, 2.24) is 15.2 Å². The molecule has 2 N–H and O–H groups in total. The first-order valence-corrected chi connectivity index (χ1v) is 7.23. The Kier molecular flexibility index (Phi) is 4.03. The Balaban J connectivity index is 2.25. The molecule has 0 fully saturated rings. The number of non-ortho nitro benzene ring substituents is 1. The smallest absolute Gasteiger partial charge is 0.337 e. The first-order valence-electron chi connectivity index (χ1n) is 5.75. The number of sulfonamides is 1. The second kappa shape index (κ2) is 5.75. The molecule has 112 valence electrons. The summed E-state index contributed by atoms with van der Waals surface area (Å²) >= 11 is 0. The summed E-state index contributed by atoms with van der Waals surface area (Å²) in [7, 11) is -4.01. The number of rotatable bonds is 6. The third kappa shape index (κ3) is 3.45. The Hall–Kier alpha value is -2.69. The number of nitro benzene ring substituents is 1.